The molecular weight excluding hydrogens is 334 g/mol. The molecule has 0 spiro atoms. The number of halogens is 1. The van der Waals surface area contributed by atoms with Gasteiger partial charge < -0.3 is 14.5 Å². The number of imidazole rings is 1. The molecule has 0 aliphatic rings. The van der Waals surface area contributed by atoms with Crippen LogP contribution in [0.2, 0.25) is 0 Å². The molecule has 7 heteroatoms. The van der Waals surface area contributed by atoms with Gasteiger partial charge in [-0.2, -0.15) is 11.8 Å². The number of hydrogen-bond donors (Lipinski definition) is 1. The summed E-state index contributed by atoms with van der Waals surface area (Å²) in [4.78, 5) is 12.0. The average molecular weight is 352 g/mol. The van der Waals surface area contributed by atoms with Crippen molar-refractivity contribution < 1.29 is 9.47 Å². The van der Waals surface area contributed by atoms with Crippen LogP contribution in [0.5, 0.6) is 11.5 Å². The topological polar surface area (TPSA) is 60.0 Å². The van der Waals surface area contributed by atoms with Gasteiger partial charge in [-0.05, 0) is 30.5 Å². The molecule has 3 rings (SSSR count). The monoisotopic (exact) mass is 351 g/mol. The van der Waals surface area contributed by atoms with Crippen molar-refractivity contribution >= 4 is 35.3 Å². The lowest BCUT2D eigenvalue weighted by Crippen LogP contribution is -2.00. The molecule has 1 aromatic carbocycles. The lowest BCUT2D eigenvalue weighted by atomic mass is 10.2. The van der Waals surface area contributed by atoms with Gasteiger partial charge in [0.2, 0.25) is 0 Å². The van der Waals surface area contributed by atoms with E-state index in [0.717, 1.165) is 34.2 Å². The van der Waals surface area contributed by atoms with E-state index in [1.807, 2.05) is 30.3 Å². The minimum atomic E-state index is 0. The molecule has 0 atom stereocenters. The predicted molar refractivity (Wildman–Crippen MR) is 97.0 cm³/mol. The summed E-state index contributed by atoms with van der Waals surface area (Å²) in [6.45, 7) is 0.679. The molecule has 0 amide bonds. The molecule has 0 bridgehead atoms. The minimum absolute atomic E-state index is 0. The SMILES string of the molecule is COc1cc(OCCSC)ccc1-c1nc2ncccc2[nH]1.Cl. The van der Waals surface area contributed by atoms with Crippen LogP contribution in [0.4, 0.5) is 0 Å². The summed E-state index contributed by atoms with van der Waals surface area (Å²) in [5, 5.41) is 0. The van der Waals surface area contributed by atoms with Crippen LogP contribution >= 0.6 is 24.2 Å². The van der Waals surface area contributed by atoms with Crippen molar-refractivity contribution in [3.63, 3.8) is 0 Å². The fraction of sp³-hybridized carbons (Fsp3) is 0.250. The Kier molecular flexibility index (Phi) is 6.12. The lowest BCUT2D eigenvalue weighted by Gasteiger charge is -2.10. The van der Waals surface area contributed by atoms with Gasteiger partial charge in [0.25, 0.3) is 0 Å². The number of pyridine rings is 1. The molecular formula is C16H18ClN3O2S. The van der Waals surface area contributed by atoms with Gasteiger partial charge >= 0.3 is 0 Å². The fourth-order valence-corrected chi connectivity index (χ4v) is 2.42. The third kappa shape index (κ3) is 3.89. The van der Waals surface area contributed by atoms with Crippen molar-refractivity contribution in [3.05, 3.63) is 36.5 Å². The number of methoxy groups -OCH3 is 1. The number of rotatable bonds is 6. The van der Waals surface area contributed by atoms with E-state index in [-0.39, 0.29) is 12.4 Å². The average Bonchev–Trinajstić information content (AvgIpc) is 2.98. The van der Waals surface area contributed by atoms with Gasteiger partial charge in [0, 0.05) is 18.0 Å². The molecule has 0 aliphatic heterocycles. The molecule has 0 saturated carbocycles. The molecule has 2 aromatic heterocycles. The Labute approximate surface area is 145 Å². The summed E-state index contributed by atoms with van der Waals surface area (Å²) in [6.07, 6.45) is 3.79. The molecule has 1 N–H and O–H groups in total. The molecule has 0 saturated heterocycles. The van der Waals surface area contributed by atoms with Gasteiger partial charge in [0.15, 0.2) is 5.65 Å². The fourth-order valence-electron chi connectivity index (χ4n) is 2.17. The zero-order chi connectivity index (χ0) is 15.4. The lowest BCUT2D eigenvalue weighted by molar-refractivity contribution is 0.340. The van der Waals surface area contributed by atoms with Crippen LogP contribution in [-0.4, -0.2) is 40.7 Å². The summed E-state index contributed by atoms with van der Waals surface area (Å²) in [5.41, 5.74) is 2.48. The Hall–Kier alpha value is -1.92. The first-order valence-corrected chi connectivity index (χ1v) is 8.32. The Morgan fingerprint density at radius 3 is 2.87 bits per heavy atom. The number of aromatic nitrogens is 3. The van der Waals surface area contributed by atoms with Crippen molar-refractivity contribution in [2.75, 3.05) is 25.7 Å². The van der Waals surface area contributed by atoms with Crippen LogP contribution in [0.25, 0.3) is 22.6 Å². The third-order valence-corrected chi connectivity index (χ3v) is 3.82. The number of nitrogens with one attached hydrogen (secondary N) is 1. The number of nitrogens with zero attached hydrogens (tertiary/aromatic N) is 2. The highest BCUT2D eigenvalue weighted by atomic mass is 35.5. The first kappa shape index (κ1) is 17.4. The van der Waals surface area contributed by atoms with Crippen molar-refractivity contribution in [3.8, 4) is 22.9 Å². The summed E-state index contributed by atoms with van der Waals surface area (Å²) in [7, 11) is 1.64. The van der Waals surface area contributed by atoms with Crippen molar-refractivity contribution in [1.82, 2.24) is 15.0 Å². The van der Waals surface area contributed by atoms with Crippen LogP contribution in [-0.2, 0) is 0 Å². The molecule has 0 aliphatic carbocycles. The Balaban J connectivity index is 0.00000192. The van der Waals surface area contributed by atoms with E-state index in [1.165, 1.54) is 0 Å². The highest BCUT2D eigenvalue weighted by molar-refractivity contribution is 7.98. The zero-order valence-corrected chi connectivity index (χ0v) is 14.5. The highest BCUT2D eigenvalue weighted by Crippen LogP contribution is 2.32. The standard InChI is InChI=1S/C16H17N3O2S.ClH/c1-20-14-10-11(21-8-9-22-2)5-6-12(14)15-18-13-4-3-7-17-16(13)19-15;/h3-7,10H,8-9H2,1-2H3,(H,17,18,19);1H. The zero-order valence-electron chi connectivity index (χ0n) is 12.9. The molecule has 0 unspecified atom stereocenters. The quantitative estimate of drug-likeness (QED) is 0.684. The van der Waals surface area contributed by atoms with Crippen molar-refractivity contribution in [1.29, 1.82) is 0 Å². The maximum atomic E-state index is 5.69. The summed E-state index contributed by atoms with van der Waals surface area (Å²) < 4.78 is 11.2. The first-order chi connectivity index (χ1) is 10.8. The van der Waals surface area contributed by atoms with E-state index < -0.39 is 0 Å². The second kappa shape index (κ2) is 8.08. The molecule has 23 heavy (non-hydrogen) atoms. The Morgan fingerprint density at radius 2 is 2.13 bits per heavy atom. The second-order valence-corrected chi connectivity index (χ2v) is 5.65. The van der Waals surface area contributed by atoms with Gasteiger partial charge in [0.1, 0.15) is 17.3 Å². The normalized spacial score (nSPS) is 10.3. The number of fused-ring (bicyclic) bond motifs is 1. The third-order valence-electron chi connectivity index (χ3n) is 3.24. The summed E-state index contributed by atoms with van der Waals surface area (Å²) in [6, 6.07) is 9.59. The first-order valence-electron chi connectivity index (χ1n) is 6.92. The Bertz CT molecular complexity index is 746. The van der Waals surface area contributed by atoms with Gasteiger partial charge in [-0.25, -0.2) is 9.97 Å². The van der Waals surface area contributed by atoms with E-state index >= 15 is 0 Å². The molecule has 2 heterocycles. The van der Waals surface area contributed by atoms with Crippen molar-refractivity contribution in [2.24, 2.45) is 0 Å². The molecule has 0 radical (unpaired) electrons. The predicted octanol–water partition coefficient (Wildman–Crippen LogP) is 3.80. The summed E-state index contributed by atoms with van der Waals surface area (Å²) in [5.74, 6) is 3.21. The summed E-state index contributed by atoms with van der Waals surface area (Å²) >= 11 is 1.76. The van der Waals surface area contributed by atoms with Gasteiger partial charge in [-0.1, -0.05) is 0 Å². The van der Waals surface area contributed by atoms with Crippen LogP contribution < -0.4 is 9.47 Å². The molecule has 3 aromatic rings. The van der Waals surface area contributed by atoms with Gasteiger partial charge in [-0.15, -0.1) is 12.4 Å². The van der Waals surface area contributed by atoms with E-state index in [2.05, 4.69) is 21.2 Å². The van der Waals surface area contributed by atoms with Crippen LogP contribution in [0, 0.1) is 0 Å². The number of H-pyrrole nitrogens is 1. The number of aromatic amines is 1. The molecule has 5 nitrogen and oxygen atoms in total. The van der Waals surface area contributed by atoms with Crippen molar-refractivity contribution in [2.45, 2.75) is 0 Å². The van der Waals surface area contributed by atoms with Gasteiger partial charge in [0.05, 0.1) is 24.8 Å². The van der Waals surface area contributed by atoms with E-state index in [0.29, 0.717) is 12.3 Å². The molecule has 0 fully saturated rings. The minimum Gasteiger partial charge on any atom is -0.496 e. The van der Waals surface area contributed by atoms with Crippen LogP contribution in [0.3, 0.4) is 0 Å². The smallest absolute Gasteiger partial charge is 0.178 e. The highest BCUT2D eigenvalue weighted by Gasteiger charge is 2.12. The van der Waals surface area contributed by atoms with Crippen LogP contribution in [0.1, 0.15) is 0 Å². The van der Waals surface area contributed by atoms with E-state index in [1.54, 1.807) is 25.1 Å². The number of thioether (sulfide) groups is 1. The molecule has 122 valence electrons. The maximum absolute atomic E-state index is 5.69. The number of benzene rings is 1. The number of hydrogen-bond acceptors (Lipinski definition) is 5. The van der Waals surface area contributed by atoms with E-state index in [9.17, 15) is 0 Å². The van der Waals surface area contributed by atoms with Gasteiger partial charge in [-0.3, -0.25) is 0 Å². The Morgan fingerprint density at radius 1 is 1.26 bits per heavy atom. The largest absolute Gasteiger partial charge is 0.496 e. The second-order valence-electron chi connectivity index (χ2n) is 4.66. The van der Waals surface area contributed by atoms with Crippen LogP contribution in [0.15, 0.2) is 36.5 Å². The number of ether oxygens (including phenoxy) is 2. The maximum Gasteiger partial charge on any atom is 0.178 e. The van der Waals surface area contributed by atoms with E-state index in [4.69, 9.17) is 9.47 Å².